The van der Waals surface area contributed by atoms with Crippen LogP contribution in [0.1, 0.15) is 45.7 Å². The molecule has 2 heterocycles. The van der Waals surface area contributed by atoms with Crippen molar-refractivity contribution in [3.63, 3.8) is 0 Å². The molecule has 0 aliphatic carbocycles. The van der Waals surface area contributed by atoms with E-state index in [1.807, 2.05) is 13.8 Å². The zero-order valence-electron chi connectivity index (χ0n) is 24.5. The van der Waals surface area contributed by atoms with E-state index < -0.39 is 0 Å². The monoisotopic (exact) mass is 574 g/mol. The summed E-state index contributed by atoms with van der Waals surface area (Å²) in [6.07, 6.45) is 2.98. The summed E-state index contributed by atoms with van der Waals surface area (Å²) in [5, 5.41) is 1.17. The zero-order chi connectivity index (χ0) is 30.3. The average molecular weight is 575 g/mol. The number of carbonyl (C=O) groups is 2. The number of benzene rings is 3. The molecule has 0 aliphatic rings. The van der Waals surface area contributed by atoms with Gasteiger partial charge >= 0.3 is 0 Å². The van der Waals surface area contributed by atoms with Crippen LogP contribution in [-0.2, 0) is 0 Å². The van der Waals surface area contributed by atoms with Crippen LogP contribution in [0.25, 0.3) is 21.9 Å². The average Bonchev–Trinajstić information content (AvgIpc) is 3.65. The number of hydrogen-bond donors (Lipinski definition) is 0. The Morgan fingerprint density at radius 2 is 0.905 bits per heavy atom. The van der Waals surface area contributed by atoms with E-state index in [0.29, 0.717) is 56.1 Å². The molecule has 0 spiro atoms. The predicted molar refractivity (Wildman–Crippen MR) is 155 cm³/mol. The standard InChI is InChI=1S/C32H30O10/c1-15-16(2)22(42-30-24(18(4)34)26(36-6)20-12-14-40-28(20)32(30)38-8)10-9-21(15)41-29-23(17(3)33)25(35-5)19-11-13-39-27(19)31(29)37-7/h9-14H,1-8H3. The van der Waals surface area contributed by atoms with E-state index in [1.54, 1.807) is 24.3 Å². The molecule has 0 fully saturated rings. The first-order valence-electron chi connectivity index (χ1n) is 13.0. The maximum Gasteiger partial charge on any atom is 0.206 e. The molecule has 0 aliphatic heterocycles. The first-order valence-corrected chi connectivity index (χ1v) is 13.0. The fourth-order valence-corrected chi connectivity index (χ4v) is 5.08. The van der Waals surface area contributed by atoms with Gasteiger partial charge in [0.1, 0.15) is 34.1 Å². The Morgan fingerprint density at radius 3 is 1.21 bits per heavy atom. The number of carbonyl (C=O) groups excluding carboxylic acids is 2. The first-order chi connectivity index (χ1) is 20.2. The van der Waals surface area contributed by atoms with Gasteiger partial charge in [-0.2, -0.15) is 0 Å². The van der Waals surface area contributed by atoms with Crippen LogP contribution in [0, 0.1) is 13.8 Å². The molecule has 10 heteroatoms. The summed E-state index contributed by atoms with van der Waals surface area (Å²) in [5.41, 5.74) is 2.61. The predicted octanol–water partition coefficient (Wildman–Crippen LogP) is 7.82. The van der Waals surface area contributed by atoms with Crippen LogP contribution in [0.15, 0.2) is 45.6 Å². The highest BCUT2D eigenvalue weighted by atomic mass is 16.5. The van der Waals surface area contributed by atoms with Gasteiger partial charge in [0.25, 0.3) is 0 Å². The molecule has 0 unspecified atom stereocenters. The molecular formula is C32H30O10. The lowest BCUT2D eigenvalue weighted by molar-refractivity contribution is 0.0998. The molecule has 0 saturated carbocycles. The molecule has 10 nitrogen and oxygen atoms in total. The number of ether oxygens (including phenoxy) is 6. The normalized spacial score (nSPS) is 11.0. The van der Waals surface area contributed by atoms with Gasteiger partial charge in [0, 0.05) is 0 Å². The number of ketones is 2. The van der Waals surface area contributed by atoms with Crippen LogP contribution in [-0.4, -0.2) is 40.0 Å². The molecule has 2 aromatic heterocycles. The Balaban J connectivity index is 1.64. The lowest BCUT2D eigenvalue weighted by atomic mass is 10.0. The second-order valence-corrected chi connectivity index (χ2v) is 9.50. The van der Waals surface area contributed by atoms with Gasteiger partial charge < -0.3 is 37.3 Å². The van der Waals surface area contributed by atoms with Crippen molar-refractivity contribution >= 4 is 33.5 Å². The SMILES string of the molecule is COc1c(C(C)=O)c(Oc2ccc(Oc3c(C(C)=O)c(OC)c4ccoc4c3OC)c(C)c2C)c(OC)c2occc12. The van der Waals surface area contributed by atoms with E-state index in [1.165, 1.54) is 54.8 Å². The highest BCUT2D eigenvalue weighted by Crippen LogP contribution is 2.51. The molecule has 0 bridgehead atoms. The zero-order valence-corrected chi connectivity index (χ0v) is 24.5. The van der Waals surface area contributed by atoms with Crippen LogP contribution in [0.4, 0.5) is 0 Å². The molecule has 0 amide bonds. The molecule has 3 aromatic carbocycles. The molecule has 5 aromatic rings. The quantitative estimate of drug-likeness (QED) is 0.153. The highest BCUT2D eigenvalue weighted by molar-refractivity contribution is 6.09. The van der Waals surface area contributed by atoms with E-state index >= 15 is 0 Å². The van der Waals surface area contributed by atoms with Crippen molar-refractivity contribution in [1.29, 1.82) is 0 Å². The summed E-state index contributed by atoms with van der Waals surface area (Å²) in [7, 11) is 5.90. The molecular weight excluding hydrogens is 544 g/mol. The minimum Gasteiger partial charge on any atom is -0.495 e. The first kappa shape index (κ1) is 28.4. The van der Waals surface area contributed by atoms with Crippen LogP contribution in [0.2, 0.25) is 0 Å². The van der Waals surface area contributed by atoms with Crippen LogP contribution in [0.3, 0.4) is 0 Å². The summed E-state index contributed by atoms with van der Waals surface area (Å²) >= 11 is 0. The van der Waals surface area contributed by atoms with Crippen molar-refractivity contribution in [3.8, 4) is 46.0 Å². The fourth-order valence-electron chi connectivity index (χ4n) is 5.08. The van der Waals surface area contributed by atoms with Crippen LogP contribution < -0.4 is 28.4 Å². The Kier molecular flexibility index (Phi) is 7.47. The van der Waals surface area contributed by atoms with Crippen molar-refractivity contribution in [1.82, 2.24) is 0 Å². The Bertz CT molecular complexity index is 1720. The summed E-state index contributed by atoms with van der Waals surface area (Å²) in [5.74, 6) is 1.81. The number of fused-ring (bicyclic) bond motifs is 2. The molecule has 0 atom stereocenters. The molecule has 0 saturated heterocycles. The van der Waals surface area contributed by atoms with Gasteiger partial charge in [-0.1, -0.05) is 0 Å². The van der Waals surface area contributed by atoms with Gasteiger partial charge in [-0.05, 0) is 63.1 Å². The molecule has 218 valence electrons. The van der Waals surface area contributed by atoms with E-state index in [-0.39, 0.29) is 45.7 Å². The van der Waals surface area contributed by atoms with E-state index in [2.05, 4.69) is 0 Å². The highest BCUT2D eigenvalue weighted by Gasteiger charge is 2.30. The summed E-state index contributed by atoms with van der Waals surface area (Å²) in [6.45, 7) is 6.55. The minimum atomic E-state index is -0.274. The number of furan rings is 2. The lowest BCUT2D eigenvalue weighted by Crippen LogP contribution is -2.06. The van der Waals surface area contributed by atoms with E-state index in [9.17, 15) is 9.59 Å². The second-order valence-electron chi connectivity index (χ2n) is 9.50. The van der Waals surface area contributed by atoms with E-state index in [0.717, 1.165) is 0 Å². The number of hydrogen-bond acceptors (Lipinski definition) is 10. The minimum absolute atomic E-state index is 0.161. The topological polar surface area (TPSA) is 116 Å². The Morgan fingerprint density at radius 1 is 0.548 bits per heavy atom. The third kappa shape index (κ3) is 4.36. The van der Waals surface area contributed by atoms with Crippen molar-refractivity contribution < 1.29 is 46.8 Å². The second kappa shape index (κ2) is 11.0. The lowest BCUT2D eigenvalue weighted by Gasteiger charge is -2.21. The summed E-state index contributed by atoms with van der Waals surface area (Å²) < 4.78 is 46.5. The largest absolute Gasteiger partial charge is 0.495 e. The molecule has 42 heavy (non-hydrogen) atoms. The summed E-state index contributed by atoms with van der Waals surface area (Å²) in [4.78, 5) is 25.7. The third-order valence-corrected chi connectivity index (χ3v) is 7.19. The van der Waals surface area contributed by atoms with Gasteiger partial charge in [-0.3, -0.25) is 9.59 Å². The fraction of sp³-hybridized carbons (Fsp3) is 0.250. The van der Waals surface area contributed by atoms with Crippen molar-refractivity contribution in [2.45, 2.75) is 27.7 Å². The van der Waals surface area contributed by atoms with Gasteiger partial charge in [-0.15, -0.1) is 0 Å². The van der Waals surface area contributed by atoms with Gasteiger partial charge in [0.05, 0.1) is 51.7 Å². The molecule has 0 N–H and O–H groups in total. The molecule has 0 radical (unpaired) electrons. The number of rotatable bonds is 10. The summed E-state index contributed by atoms with van der Waals surface area (Å²) in [6, 6.07) is 6.80. The van der Waals surface area contributed by atoms with E-state index in [4.69, 9.17) is 37.3 Å². The van der Waals surface area contributed by atoms with Gasteiger partial charge in [0.2, 0.25) is 11.5 Å². The maximum absolute atomic E-state index is 12.8. The molecule has 5 rings (SSSR count). The van der Waals surface area contributed by atoms with Crippen molar-refractivity contribution in [2.75, 3.05) is 28.4 Å². The Labute approximate surface area is 241 Å². The third-order valence-electron chi connectivity index (χ3n) is 7.19. The van der Waals surface area contributed by atoms with Gasteiger partial charge in [-0.25, -0.2) is 0 Å². The number of methoxy groups -OCH3 is 4. The maximum atomic E-state index is 12.8. The Hall–Kier alpha value is -5.12. The van der Waals surface area contributed by atoms with Crippen LogP contribution in [0.5, 0.6) is 46.0 Å². The smallest absolute Gasteiger partial charge is 0.206 e. The van der Waals surface area contributed by atoms with Crippen LogP contribution >= 0.6 is 0 Å². The van der Waals surface area contributed by atoms with Crippen molar-refractivity contribution in [2.24, 2.45) is 0 Å². The van der Waals surface area contributed by atoms with Crippen molar-refractivity contribution in [3.05, 3.63) is 59.0 Å². The number of Topliss-reactive ketones (excluding diaryl/α,β-unsaturated/α-hetero) is 2. The van der Waals surface area contributed by atoms with Gasteiger partial charge in [0.15, 0.2) is 34.2 Å².